The minimum absolute atomic E-state index is 0.103. The molecule has 10 heteroatoms. The summed E-state index contributed by atoms with van der Waals surface area (Å²) in [6.07, 6.45) is -0.192. The van der Waals surface area contributed by atoms with Gasteiger partial charge >= 0.3 is 6.03 Å². The van der Waals surface area contributed by atoms with Crippen molar-refractivity contribution >= 4 is 35.1 Å². The zero-order chi connectivity index (χ0) is 24.9. The van der Waals surface area contributed by atoms with E-state index in [1.54, 1.807) is 55.5 Å². The van der Waals surface area contributed by atoms with Crippen molar-refractivity contribution in [1.29, 1.82) is 0 Å². The Morgan fingerprint density at radius 3 is 2.49 bits per heavy atom. The molecule has 4 N–H and O–H groups in total. The average Bonchev–Trinajstić information content (AvgIpc) is 2.84. The van der Waals surface area contributed by atoms with E-state index in [0.29, 0.717) is 22.9 Å². The van der Waals surface area contributed by atoms with Gasteiger partial charge in [-0.1, -0.05) is 29.8 Å². The molecule has 0 aliphatic carbocycles. The highest BCUT2D eigenvalue weighted by molar-refractivity contribution is 6.30. The Kier molecular flexibility index (Phi) is 7.17. The summed E-state index contributed by atoms with van der Waals surface area (Å²) in [6, 6.07) is 18.5. The number of aromatic nitrogens is 1. The zero-order valence-electron chi connectivity index (χ0n) is 18.9. The number of nitrogens with zero attached hydrogens (tertiary/aromatic N) is 2. The number of benzene rings is 2. The zero-order valence-corrected chi connectivity index (χ0v) is 19.7. The largest absolute Gasteiger partial charge is 0.439 e. The molecule has 3 aromatic rings. The number of ether oxygens (including phenoxy) is 1. The Morgan fingerprint density at radius 1 is 1.11 bits per heavy atom. The van der Waals surface area contributed by atoms with Crippen LogP contribution in [0.25, 0.3) is 0 Å². The van der Waals surface area contributed by atoms with Crippen molar-refractivity contribution in [3.8, 4) is 11.6 Å². The third-order valence-electron chi connectivity index (χ3n) is 5.57. The molecule has 0 spiro atoms. The maximum Gasteiger partial charge on any atom is 0.325 e. The van der Waals surface area contributed by atoms with Crippen molar-refractivity contribution < 1.29 is 19.1 Å². The maximum atomic E-state index is 13.1. The van der Waals surface area contributed by atoms with Gasteiger partial charge in [-0.2, -0.15) is 0 Å². The fourth-order valence-corrected chi connectivity index (χ4v) is 3.92. The molecule has 9 nitrogen and oxygen atoms in total. The summed E-state index contributed by atoms with van der Waals surface area (Å²) in [4.78, 5) is 42.2. The van der Waals surface area contributed by atoms with Crippen LogP contribution in [-0.2, 0) is 11.2 Å². The maximum absolute atomic E-state index is 13.1. The number of pyridine rings is 1. The molecule has 0 radical (unpaired) electrons. The van der Waals surface area contributed by atoms with Crippen LogP contribution in [0.4, 0.5) is 10.5 Å². The van der Waals surface area contributed by atoms with Crippen molar-refractivity contribution in [2.24, 2.45) is 11.7 Å². The van der Waals surface area contributed by atoms with Gasteiger partial charge in [0.25, 0.3) is 5.91 Å². The number of amides is 4. The highest BCUT2D eigenvalue weighted by atomic mass is 35.5. The second-order valence-electron chi connectivity index (χ2n) is 7.94. The molecular weight excluding hydrogens is 470 g/mol. The summed E-state index contributed by atoms with van der Waals surface area (Å²) in [6.45, 7) is 2.04. The van der Waals surface area contributed by atoms with Crippen molar-refractivity contribution in [1.82, 2.24) is 15.2 Å². The standard InChI is InChI=1S/C25H24ClN5O4/c1-2-31-24(33)19(14-15-6-8-16(26)9-7-15)23(30-25(31)34)28-17-10-12-18(13-11-17)35-21-5-3-4-20(29-21)22(27)32/h3-13,19,23,28H,2,14H2,1H3,(H2,27,32)(H,30,34). The van der Waals surface area contributed by atoms with E-state index >= 15 is 0 Å². The molecule has 4 amide bonds. The van der Waals surface area contributed by atoms with Gasteiger partial charge in [-0.15, -0.1) is 0 Å². The number of carbonyl (C=O) groups excluding carboxylic acids is 3. The van der Waals surface area contributed by atoms with E-state index in [1.807, 2.05) is 12.1 Å². The molecule has 180 valence electrons. The predicted molar refractivity (Wildman–Crippen MR) is 131 cm³/mol. The summed E-state index contributed by atoms with van der Waals surface area (Å²) in [5, 5.41) is 6.75. The average molecular weight is 494 g/mol. The number of hydrogen-bond acceptors (Lipinski definition) is 6. The van der Waals surface area contributed by atoms with E-state index < -0.39 is 24.0 Å². The Balaban J connectivity index is 1.49. The van der Waals surface area contributed by atoms with Gasteiger partial charge in [0.2, 0.25) is 11.8 Å². The first-order valence-corrected chi connectivity index (χ1v) is 11.4. The predicted octanol–water partition coefficient (Wildman–Crippen LogP) is 3.79. The van der Waals surface area contributed by atoms with Crippen LogP contribution in [0.15, 0.2) is 66.7 Å². The third-order valence-corrected chi connectivity index (χ3v) is 5.82. The highest BCUT2D eigenvalue weighted by Crippen LogP contribution is 2.25. The molecule has 2 unspecified atom stereocenters. The lowest BCUT2D eigenvalue weighted by molar-refractivity contribution is -0.134. The molecule has 2 aromatic carbocycles. The van der Waals surface area contributed by atoms with Gasteiger partial charge in [-0.25, -0.2) is 9.78 Å². The number of urea groups is 1. The van der Waals surface area contributed by atoms with Gasteiger partial charge in [0.15, 0.2) is 0 Å². The monoisotopic (exact) mass is 493 g/mol. The molecule has 2 heterocycles. The summed E-state index contributed by atoms with van der Waals surface area (Å²) >= 11 is 5.99. The second-order valence-corrected chi connectivity index (χ2v) is 8.38. The first-order valence-electron chi connectivity index (χ1n) is 11.0. The van der Waals surface area contributed by atoms with Gasteiger partial charge in [0.1, 0.15) is 17.6 Å². The van der Waals surface area contributed by atoms with Gasteiger partial charge in [-0.3, -0.25) is 14.5 Å². The van der Waals surface area contributed by atoms with Crippen molar-refractivity contribution in [2.75, 3.05) is 11.9 Å². The molecule has 1 aromatic heterocycles. The normalized spacial score (nSPS) is 17.6. The van der Waals surface area contributed by atoms with E-state index in [4.69, 9.17) is 22.1 Å². The van der Waals surface area contributed by atoms with Crippen LogP contribution in [0.5, 0.6) is 11.6 Å². The number of rotatable bonds is 8. The quantitative estimate of drug-likeness (QED) is 0.438. The number of primary amides is 1. The lowest BCUT2D eigenvalue weighted by Crippen LogP contribution is -2.62. The fraction of sp³-hybridized carbons (Fsp3) is 0.200. The highest BCUT2D eigenvalue weighted by Gasteiger charge is 2.40. The molecule has 1 saturated heterocycles. The molecule has 1 aliphatic rings. The molecule has 1 fully saturated rings. The lowest BCUT2D eigenvalue weighted by atomic mass is 9.93. The molecule has 1 aliphatic heterocycles. The number of hydrogen-bond donors (Lipinski definition) is 3. The van der Waals surface area contributed by atoms with Gasteiger partial charge in [-0.05, 0) is 61.4 Å². The van der Waals surface area contributed by atoms with Crippen LogP contribution in [0, 0.1) is 5.92 Å². The van der Waals surface area contributed by atoms with Gasteiger partial charge in [0.05, 0.1) is 5.92 Å². The summed E-state index contributed by atoms with van der Waals surface area (Å²) < 4.78 is 5.70. The van der Waals surface area contributed by atoms with Crippen LogP contribution in [0.3, 0.4) is 0 Å². The Bertz CT molecular complexity index is 1230. The SMILES string of the molecule is CCN1C(=O)NC(Nc2ccc(Oc3cccc(C(N)=O)n3)cc2)C(Cc2ccc(Cl)cc2)C1=O. The first kappa shape index (κ1) is 24.0. The second kappa shape index (κ2) is 10.4. The van der Waals surface area contributed by atoms with Crippen LogP contribution in [0.2, 0.25) is 5.02 Å². The van der Waals surface area contributed by atoms with E-state index in [2.05, 4.69) is 15.6 Å². The number of halogens is 1. The van der Waals surface area contributed by atoms with E-state index in [1.165, 1.54) is 11.0 Å². The molecule has 35 heavy (non-hydrogen) atoms. The van der Waals surface area contributed by atoms with Crippen molar-refractivity contribution in [3.05, 3.63) is 83.0 Å². The minimum atomic E-state index is -0.645. The number of anilines is 1. The number of nitrogens with one attached hydrogen (secondary N) is 2. The third kappa shape index (κ3) is 5.70. The summed E-state index contributed by atoms with van der Waals surface area (Å²) in [5.41, 5.74) is 6.98. The fourth-order valence-electron chi connectivity index (χ4n) is 3.80. The molecule has 0 saturated carbocycles. The van der Waals surface area contributed by atoms with E-state index in [9.17, 15) is 14.4 Å². The van der Waals surface area contributed by atoms with Crippen LogP contribution in [0.1, 0.15) is 23.0 Å². The Labute approximate surface area is 207 Å². The van der Waals surface area contributed by atoms with Crippen molar-refractivity contribution in [3.63, 3.8) is 0 Å². The Morgan fingerprint density at radius 2 is 1.83 bits per heavy atom. The minimum Gasteiger partial charge on any atom is -0.439 e. The number of carbonyl (C=O) groups is 3. The first-order chi connectivity index (χ1) is 16.8. The molecule has 0 bridgehead atoms. The van der Waals surface area contributed by atoms with Crippen LogP contribution in [-0.4, -0.2) is 40.4 Å². The number of imide groups is 1. The molecule has 4 rings (SSSR count). The van der Waals surface area contributed by atoms with E-state index in [0.717, 1.165) is 5.56 Å². The van der Waals surface area contributed by atoms with Crippen molar-refractivity contribution in [2.45, 2.75) is 19.5 Å². The Hall–Kier alpha value is -4.11. The number of nitrogens with two attached hydrogens (primary N) is 1. The smallest absolute Gasteiger partial charge is 0.325 e. The molecular formula is C25H24ClN5O4. The topological polar surface area (TPSA) is 127 Å². The molecule has 2 atom stereocenters. The van der Waals surface area contributed by atoms with Gasteiger partial charge in [0, 0.05) is 23.3 Å². The summed E-state index contributed by atoms with van der Waals surface area (Å²) in [5.74, 6) is -0.693. The lowest BCUT2D eigenvalue weighted by Gasteiger charge is -2.38. The summed E-state index contributed by atoms with van der Waals surface area (Å²) in [7, 11) is 0. The van der Waals surface area contributed by atoms with Crippen LogP contribution < -0.4 is 21.1 Å². The van der Waals surface area contributed by atoms with E-state index in [-0.39, 0.29) is 24.0 Å². The van der Waals surface area contributed by atoms with Gasteiger partial charge < -0.3 is 21.1 Å². The van der Waals surface area contributed by atoms with Crippen LogP contribution >= 0.6 is 11.6 Å².